The second-order valence-electron chi connectivity index (χ2n) is 3.04. The Hall–Kier alpha value is -0.862. The van der Waals surface area contributed by atoms with E-state index >= 15 is 0 Å². The molecule has 2 rings (SSSR count). The fraction of sp³-hybridized carbons (Fsp3) is 0. The zero-order valence-corrected chi connectivity index (χ0v) is 12.7. The van der Waals surface area contributed by atoms with E-state index in [0.29, 0.717) is 0 Å². The van der Waals surface area contributed by atoms with Crippen LogP contribution in [0.1, 0.15) is 5.69 Å². The Bertz CT molecular complexity index is 572. The van der Waals surface area contributed by atoms with Crippen LogP contribution in [0.15, 0.2) is 34.0 Å². The molecule has 0 saturated carbocycles. The zero-order valence-electron chi connectivity index (χ0n) is 8.22. The molecule has 0 amide bonds. The molecule has 0 bridgehead atoms. The quantitative estimate of drug-likeness (QED) is 0.725. The van der Waals surface area contributed by atoms with Crippen molar-refractivity contribution in [2.24, 2.45) is 4.99 Å². The van der Waals surface area contributed by atoms with E-state index in [9.17, 15) is 0 Å². The summed E-state index contributed by atoms with van der Waals surface area (Å²) in [5.74, 6) is 0. The Labute approximate surface area is 112 Å². The average molecular weight is 446 g/mol. The van der Waals surface area contributed by atoms with Gasteiger partial charge in [0.1, 0.15) is 0 Å². The van der Waals surface area contributed by atoms with Crippen molar-refractivity contribution in [1.29, 1.82) is 0 Å². The van der Waals surface area contributed by atoms with E-state index in [2.05, 4.69) is 30.9 Å². The number of rotatable bonds is 3. The topological polar surface area (TPSA) is 41.0 Å². The van der Waals surface area contributed by atoms with Gasteiger partial charge in [0.15, 0.2) is 0 Å². The normalized spacial score (nSPS) is 11.8. The Morgan fingerprint density at radius 3 is 3.12 bits per heavy atom. The molecule has 2 heterocycles. The van der Waals surface area contributed by atoms with Crippen molar-refractivity contribution in [1.82, 2.24) is 9.97 Å². The molecule has 0 atom stereocenters. The van der Waals surface area contributed by atoms with Crippen molar-refractivity contribution in [3.8, 4) is 0 Å². The van der Waals surface area contributed by atoms with Crippen LogP contribution in [0.3, 0.4) is 0 Å². The van der Waals surface area contributed by atoms with Crippen molar-refractivity contribution < 1.29 is 19.4 Å². The molecule has 3 nitrogen and oxygen atoms in total. The maximum absolute atomic E-state index is 4.07. The van der Waals surface area contributed by atoms with Crippen LogP contribution in [0.5, 0.6) is 0 Å². The first-order valence-corrected chi connectivity index (χ1v) is 7.06. The molecule has 0 saturated heterocycles. The van der Waals surface area contributed by atoms with Crippen molar-refractivity contribution in [3.63, 3.8) is 0 Å². The van der Waals surface area contributed by atoms with E-state index in [0.717, 1.165) is 21.1 Å². The third-order valence-corrected chi connectivity index (χ3v) is 3.35. The molecule has 0 unspecified atom stereocenters. The zero-order chi connectivity index (χ0) is 11.4. The molecular formula is C11H8BrN3W. The molecule has 0 aliphatic heterocycles. The van der Waals surface area contributed by atoms with Crippen LogP contribution in [0.25, 0.3) is 17.0 Å². The van der Waals surface area contributed by atoms with Crippen LogP contribution in [0.2, 0.25) is 0 Å². The van der Waals surface area contributed by atoms with Crippen LogP contribution in [0, 0.1) is 0 Å². The summed E-state index contributed by atoms with van der Waals surface area (Å²) in [5, 5.41) is 1.14. The number of nitrogens with one attached hydrogen (secondary N) is 1. The molecular weight excluding hydrogens is 438 g/mol. The number of allylic oxidation sites excluding steroid dienone is 1. The number of halogens is 1. The molecule has 16 heavy (non-hydrogen) atoms. The number of nitrogens with zero attached hydrogens (tertiary/aromatic N) is 2. The van der Waals surface area contributed by atoms with Crippen LogP contribution in [0.4, 0.5) is 0 Å². The molecule has 80 valence electrons. The van der Waals surface area contributed by atoms with Crippen molar-refractivity contribution in [3.05, 3.63) is 34.7 Å². The Kier molecular flexibility index (Phi) is 3.97. The van der Waals surface area contributed by atoms with Crippen LogP contribution in [-0.2, 0) is 19.4 Å². The first-order chi connectivity index (χ1) is 7.83. The summed E-state index contributed by atoms with van der Waals surface area (Å²) in [6.07, 6.45) is 9.25. The fourth-order valence-electron chi connectivity index (χ4n) is 1.37. The van der Waals surface area contributed by atoms with Gasteiger partial charge in [-0.3, -0.25) is 0 Å². The third kappa shape index (κ3) is 2.44. The maximum atomic E-state index is 4.07. The minimum atomic E-state index is 1.03. The predicted molar refractivity (Wildman–Crippen MR) is 67.4 cm³/mol. The summed E-state index contributed by atoms with van der Waals surface area (Å²) in [7, 11) is 0. The number of aromatic nitrogens is 2. The molecule has 0 spiro atoms. The van der Waals surface area contributed by atoms with Gasteiger partial charge in [0, 0.05) is 0 Å². The molecule has 0 fully saturated rings. The number of fused-ring (bicyclic) bond motifs is 1. The first kappa shape index (κ1) is 11.6. The van der Waals surface area contributed by atoms with Crippen LogP contribution < -0.4 is 0 Å². The van der Waals surface area contributed by atoms with Gasteiger partial charge >= 0.3 is 113 Å². The Morgan fingerprint density at radius 2 is 2.38 bits per heavy atom. The molecule has 0 aliphatic carbocycles. The average Bonchev–Trinajstić information content (AvgIpc) is 2.63. The standard InChI is InChI=1S/C11H8BrN3.W/c1-13-5-2-3-9-11(12)8-4-6-14-7-10(8)15-9;/h1-7,15H;. The van der Waals surface area contributed by atoms with E-state index < -0.39 is 0 Å². The van der Waals surface area contributed by atoms with E-state index in [1.807, 2.05) is 28.9 Å². The number of hydrogen-bond acceptors (Lipinski definition) is 2. The molecule has 0 aliphatic rings. The van der Waals surface area contributed by atoms with E-state index in [1.54, 1.807) is 12.4 Å². The van der Waals surface area contributed by atoms with Gasteiger partial charge in [-0.15, -0.1) is 0 Å². The van der Waals surface area contributed by atoms with E-state index in [-0.39, 0.29) is 0 Å². The number of H-pyrrole nitrogens is 1. The van der Waals surface area contributed by atoms with Crippen molar-refractivity contribution in [2.45, 2.75) is 0 Å². The van der Waals surface area contributed by atoms with E-state index in [4.69, 9.17) is 0 Å². The van der Waals surface area contributed by atoms with Gasteiger partial charge in [-0.05, 0) is 0 Å². The minimum absolute atomic E-state index is 1.03. The van der Waals surface area contributed by atoms with Gasteiger partial charge in [0.05, 0.1) is 0 Å². The summed E-state index contributed by atoms with van der Waals surface area (Å²) < 4.78 is 2.88. The second-order valence-corrected chi connectivity index (χ2v) is 4.59. The van der Waals surface area contributed by atoms with E-state index in [1.165, 1.54) is 19.4 Å². The molecule has 2 aromatic heterocycles. The predicted octanol–water partition coefficient (Wildman–Crippen LogP) is 2.72. The second kappa shape index (κ2) is 5.46. The summed E-state index contributed by atoms with van der Waals surface area (Å²) in [6, 6.07) is 1.98. The molecule has 0 aromatic carbocycles. The monoisotopic (exact) mass is 445 g/mol. The van der Waals surface area contributed by atoms with Crippen molar-refractivity contribution in [2.75, 3.05) is 0 Å². The first-order valence-electron chi connectivity index (χ1n) is 4.57. The van der Waals surface area contributed by atoms with Crippen molar-refractivity contribution >= 4 is 43.6 Å². The van der Waals surface area contributed by atoms with Crippen LogP contribution >= 0.6 is 15.9 Å². The fourth-order valence-corrected chi connectivity index (χ4v) is 2.20. The number of aliphatic imine (C=N–C) groups is 1. The third-order valence-electron chi connectivity index (χ3n) is 2.06. The van der Waals surface area contributed by atoms with Gasteiger partial charge in [0.25, 0.3) is 0 Å². The summed E-state index contributed by atoms with van der Waals surface area (Å²) >= 11 is 4.91. The number of aromatic amines is 1. The van der Waals surface area contributed by atoms with Gasteiger partial charge in [-0.2, -0.15) is 0 Å². The van der Waals surface area contributed by atoms with Gasteiger partial charge in [0.2, 0.25) is 0 Å². The molecule has 5 heteroatoms. The number of pyridine rings is 1. The Morgan fingerprint density at radius 1 is 1.50 bits per heavy atom. The SMILES string of the molecule is Brc1c(C=CC=N[CH]=[W])[nH]c2cnccc12. The van der Waals surface area contributed by atoms with Gasteiger partial charge < -0.3 is 0 Å². The molecule has 1 N–H and O–H groups in total. The van der Waals surface area contributed by atoms with Gasteiger partial charge in [-0.1, -0.05) is 0 Å². The summed E-state index contributed by atoms with van der Waals surface area (Å²) in [6.45, 7) is 0. The number of hydrogen-bond donors (Lipinski definition) is 1. The molecule has 2 aromatic rings. The van der Waals surface area contributed by atoms with Crippen LogP contribution in [-0.4, -0.2) is 20.7 Å². The Balaban J connectivity index is 2.38. The van der Waals surface area contributed by atoms with Gasteiger partial charge in [-0.25, -0.2) is 0 Å². The summed E-state index contributed by atoms with van der Waals surface area (Å²) in [5.41, 5.74) is 2.05. The summed E-state index contributed by atoms with van der Waals surface area (Å²) in [4.78, 5) is 11.4. The molecule has 0 radical (unpaired) electrons.